The number of carbonyl (C=O) groups is 1. The highest BCUT2D eigenvalue weighted by atomic mass is 32.2. The topological polar surface area (TPSA) is 59.3 Å². The number of benzene rings is 3. The van der Waals surface area contributed by atoms with E-state index in [4.69, 9.17) is 9.97 Å². The van der Waals surface area contributed by atoms with Crippen LogP contribution in [0.4, 0.5) is 10.1 Å². The Hall–Kier alpha value is -3.45. The molecule has 1 N–H and O–H groups in total. The van der Waals surface area contributed by atoms with Gasteiger partial charge in [0, 0.05) is 5.39 Å². The molecule has 5 nitrogen and oxygen atoms in total. The summed E-state index contributed by atoms with van der Waals surface area (Å²) in [6, 6.07) is 21.8. The molecule has 0 bridgehead atoms. The van der Waals surface area contributed by atoms with Gasteiger partial charge >= 0.3 is 0 Å². The molecule has 7 heteroatoms. The van der Waals surface area contributed by atoms with Gasteiger partial charge in [-0.15, -0.1) is 0 Å². The lowest BCUT2D eigenvalue weighted by Gasteiger charge is -2.14. The Bertz CT molecular complexity index is 1410. The van der Waals surface area contributed by atoms with Crippen molar-refractivity contribution in [2.45, 2.75) is 17.3 Å². The minimum Gasteiger partial charge on any atom is -0.323 e. The molecule has 148 valence electrons. The van der Waals surface area contributed by atoms with Crippen LogP contribution < -0.4 is 5.32 Å². The van der Waals surface area contributed by atoms with Crippen LogP contribution in [0.5, 0.6) is 0 Å². The van der Waals surface area contributed by atoms with Gasteiger partial charge in [0.15, 0.2) is 5.16 Å². The molecular weight excluding hydrogens is 399 g/mol. The lowest BCUT2D eigenvalue weighted by molar-refractivity contribution is -0.115. The average molecular weight is 416 g/mol. The van der Waals surface area contributed by atoms with Crippen molar-refractivity contribution in [3.8, 4) is 0 Å². The van der Waals surface area contributed by atoms with E-state index in [-0.39, 0.29) is 11.6 Å². The van der Waals surface area contributed by atoms with E-state index < -0.39 is 11.1 Å². The lowest BCUT2D eigenvalue weighted by atomic mass is 10.2. The Morgan fingerprint density at radius 1 is 0.967 bits per heavy atom. The molecular formula is C23H17FN4OS. The summed E-state index contributed by atoms with van der Waals surface area (Å²) in [4.78, 5) is 22.3. The van der Waals surface area contributed by atoms with Crippen molar-refractivity contribution >= 4 is 50.9 Å². The van der Waals surface area contributed by atoms with Crippen LogP contribution >= 0.6 is 11.8 Å². The number of thioether (sulfide) groups is 1. The highest BCUT2D eigenvalue weighted by molar-refractivity contribution is 8.00. The van der Waals surface area contributed by atoms with Gasteiger partial charge in [0.2, 0.25) is 5.91 Å². The van der Waals surface area contributed by atoms with Gasteiger partial charge in [-0.05, 0) is 43.3 Å². The summed E-state index contributed by atoms with van der Waals surface area (Å²) in [6.07, 6.45) is 0. The van der Waals surface area contributed by atoms with Gasteiger partial charge < -0.3 is 5.32 Å². The van der Waals surface area contributed by atoms with Gasteiger partial charge in [-0.2, -0.15) is 0 Å². The maximum atomic E-state index is 13.9. The summed E-state index contributed by atoms with van der Waals surface area (Å²) in [5, 5.41) is 3.77. The first-order chi connectivity index (χ1) is 14.6. The van der Waals surface area contributed by atoms with Crippen LogP contribution in [0.2, 0.25) is 0 Å². The third-order valence-electron chi connectivity index (χ3n) is 4.90. The quantitative estimate of drug-likeness (QED) is 0.319. The third kappa shape index (κ3) is 3.17. The van der Waals surface area contributed by atoms with Gasteiger partial charge in [0.25, 0.3) is 0 Å². The van der Waals surface area contributed by atoms with Crippen LogP contribution in [0.3, 0.4) is 0 Å². The predicted molar refractivity (Wildman–Crippen MR) is 118 cm³/mol. The number of imidazole rings is 1. The van der Waals surface area contributed by atoms with Crippen LogP contribution in [0.25, 0.3) is 27.6 Å². The van der Waals surface area contributed by atoms with Crippen molar-refractivity contribution in [3.05, 3.63) is 78.6 Å². The van der Waals surface area contributed by atoms with Gasteiger partial charge in [-0.25, -0.2) is 14.4 Å². The van der Waals surface area contributed by atoms with Crippen LogP contribution in [0.15, 0.2) is 78.0 Å². The van der Waals surface area contributed by atoms with E-state index in [0.29, 0.717) is 5.16 Å². The molecule has 0 radical (unpaired) electrons. The van der Waals surface area contributed by atoms with Crippen LogP contribution in [0, 0.1) is 5.82 Å². The fourth-order valence-electron chi connectivity index (χ4n) is 3.40. The van der Waals surface area contributed by atoms with E-state index in [1.54, 1.807) is 25.1 Å². The number of fused-ring (bicyclic) bond motifs is 5. The van der Waals surface area contributed by atoms with Crippen molar-refractivity contribution < 1.29 is 9.18 Å². The first-order valence-electron chi connectivity index (χ1n) is 9.50. The summed E-state index contributed by atoms with van der Waals surface area (Å²) in [5.41, 5.74) is 3.56. The standard InChI is InChI=1S/C23H17FN4OS/c1-14(22(29)26-18-11-5-3-9-16(18)24)30-23-27-17-10-4-2-8-15(17)21-25-19-12-6-7-13-20(19)28(21)23/h2-14H,1H3,(H,26,29)/t14-/m0/s1. The largest absolute Gasteiger partial charge is 0.323 e. The lowest BCUT2D eigenvalue weighted by Crippen LogP contribution is -2.23. The van der Waals surface area contributed by atoms with Crippen molar-refractivity contribution in [1.29, 1.82) is 0 Å². The number of halogens is 1. The molecule has 2 aromatic heterocycles. The van der Waals surface area contributed by atoms with E-state index in [1.165, 1.54) is 17.8 Å². The van der Waals surface area contributed by atoms with E-state index in [0.717, 1.165) is 27.6 Å². The predicted octanol–water partition coefficient (Wildman–Crippen LogP) is 5.29. The SMILES string of the molecule is C[C@H](Sc1nc2ccccc2c2nc3ccccc3n12)C(=O)Nc1ccccc1F. The highest BCUT2D eigenvalue weighted by Crippen LogP contribution is 2.31. The summed E-state index contributed by atoms with van der Waals surface area (Å²) < 4.78 is 15.9. The third-order valence-corrected chi connectivity index (χ3v) is 5.95. The smallest absolute Gasteiger partial charge is 0.237 e. The second-order valence-electron chi connectivity index (χ2n) is 6.90. The van der Waals surface area contributed by atoms with Crippen molar-refractivity contribution in [3.63, 3.8) is 0 Å². The molecule has 0 saturated heterocycles. The molecule has 2 heterocycles. The number of anilines is 1. The zero-order chi connectivity index (χ0) is 20.7. The molecule has 0 fully saturated rings. The van der Waals surface area contributed by atoms with Gasteiger partial charge in [0.1, 0.15) is 11.5 Å². The molecule has 0 aliphatic rings. The van der Waals surface area contributed by atoms with Crippen LogP contribution in [-0.4, -0.2) is 25.5 Å². The summed E-state index contributed by atoms with van der Waals surface area (Å²) in [6.45, 7) is 1.78. The van der Waals surface area contributed by atoms with E-state index in [1.807, 2.05) is 52.9 Å². The molecule has 0 unspecified atom stereocenters. The monoisotopic (exact) mass is 416 g/mol. The minimum absolute atomic E-state index is 0.166. The number of nitrogens with zero attached hydrogens (tertiary/aromatic N) is 3. The molecule has 1 atom stereocenters. The number of rotatable bonds is 4. The van der Waals surface area contributed by atoms with E-state index in [2.05, 4.69) is 5.32 Å². The fraction of sp³-hybridized carbons (Fsp3) is 0.0870. The number of carbonyl (C=O) groups excluding carboxylic acids is 1. The Kier molecular flexibility index (Phi) is 4.59. The Morgan fingerprint density at radius 2 is 1.67 bits per heavy atom. The maximum Gasteiger partial charge on any atom is 0.237 e. The molecule has 1 amide bonds. The Labute approximate surface area is 176 Å². The Balaban J connectivity index is 1.57. The zero-order valence-electron chi connectivity index (χ0n) is 16.0. The summed E-state index contributed by atoms with van der Waals surface area (Å²) >= 11 is 1.32. The maximum absolute atomic E-state index is 13.9. The number of para-hydroxylation sites is 4. The van der Waals surface area contributed by atoms with Gasteiger partial charge in [-0.1, -0.05) is 48.2 Å². The molecule has 5 aromatic rings. The van der Waals surface area contributed by atoms with E-state index in [9.17, 15) is 9.18 Å². The molecule has 0 aliphatic heterocycles. The number of aromatic nitrogens is 3. The molecule has 5 rings (SSSR count). The van der Waals surface area contributed by atoms with Crippen LogP contribution in [0.1, 0.15) is 6.92 Å². The van der Waals surface area contributed by atoms with Gasteiger partial charge in [0.05, 0.1) is 27.5 Å². The normalized spacial score (nSPS) is 12.5. The second kappa shape index (κ2) is 7.42. The zero-order valence-corrected chi connectivity index (χ0v) is 16.9. The van der Waals surface area contributed by atoms with E-state index >= 15 is 0 Å². The van der Waals surface area contributed by atoms with Crippen molar-refractivity contribution in [2.24, 2.45) is 0 Å². The fourth-order valence-corrected chi connectivity index (χ4v) is 4.32. The second-order valence-corrected chi connectivity index (χ2v) is 8.21. The number of hydrogen-bond acceptors (Lipinski definition) is 4. The Morgan fingerprint density at radius 3 is 2.50 bits per heavy atom. The summed E-state index contributed by atoms with van der Waals surface area (Å²) in [5.74, 6) is -0.757. The summed E-state index contributed by atoms with van der Waals surface area (Å²) in [7, 11) is 0. The number of nitrogens with one attached hydrogen (secondary N) is 1. The number of hydrogen-bond donors (Lipinski definition) is 1. The molecule has 0 saturated carbocycles. The first-order valence-corrected chi connectivity index (χ1v) is 10.4. The molecule has 30 heavy (non-hydrogen) atoms. The van der Waals surface area contributed by atoms with Gasteiger partial charge in [-0.3, -0.25) is 9.20 Å². The first kappa shape index (κ1) is 18.6. The molecule has 0 aliphatic carbocycles. The number of amides is 1. The van der Waals surface area contributed by atoms with Crippen molar-refractivity contribution in [2.75, 3.05) is 5.32 Å². The minimum atomic E-state index is -0.498. The van der Waals surface area contributed by atoms with Crippen LogP contribution in [-0.2, 0) is 4.79 Å². The molecule has 0 spiro atoms. The average Bonchev–Trinajstić information content (AvgIpc) is 3.15. The highest BCUT2D eigenvalue weighted by Gasteiger charge is 2.21. The van der Waals surface area contributed by atoms with Crippen molar-refractivity contribution in [1.82, 2.24) is 14.4 Å². The molecule has 3 aromatic carbocycles.